The van der Waals surface area contributed by atoms with Crippen molar-refractivity contribution in [2.24, 2.45) is 0 Å². The molecule has 0 atom stereocenters. The summed E-state index contributed by atoms with van der Waals surface area (Å²) in [5.41, 5.74) is 7.12. The number of halogens is 2. The molecule has 0 aliphatic heterocycles. The van der Waals surface area contributed by atoms with Crippen LogP contribution in [-0.4, -0.2) is 5.16 Å². The summed E-state index contributed by atoms with van der Waals surface area (Å²) in [4.78, 5) is 0. The van der Waals surface area contributed by atoms with Gasteiger partial charge in [-0.15, -0.1) is 0 Å². The number of nitrogens with zero attached hydrogens (tertiary/aromatic N) is 1. The van der Waals surface area contributed by atoms with E-state index in [1.54, 1.807) is 6.92 Å². The largest absolute Gasteiger partial charge is 0.367 e. The molecular formula is C12H12F2N2O. The van der Waals surface area contributed by atoms with E-state index in [2.05, 4.69) is 5.16 Å². The number of rotatable bonds is 2. The van der Waals surface area contributed by atoms with E-state index in [0.29, 0.717) is 23.2 Å². The first-order chi connectivity index (χ1) is 8.04. The van der Waals surface area contributed by atoms with E-state index in [1.165, 1.54) is 6.07 Å². The summed E-state index contributed by atoms with van der Waals surface area (Å²) in [5.74, 6) is -1.08. The van der Waals surface area contributed by atoms with Gasteiger partial charge in [0.25, 0.3) is 0 Å². The summed E-state index contributed by atoms with van der Waals surface area (Å²) in [6, 6.07) is 2.25. The van der Waals surface area contributed by atoms with Crippen molar-refractivity contribution in [3.63, 3.8) is 0 Å². The van der Waals surface area contributed by atoms with Gasteiger partial charge in [-0.3, -0.25) is 0 Å². The van der Waals surface area contributed by atoms with Crippen molar-refractivity contribution in [3.05, 3.63) is 34.9 Å². The Kier molecular flexibility index (Phi) is 2.83. The highest BCUT2D eigenvalue weighted by Gasteiger charge is 2.18. The van der Waals surface area contributed by atoms with E-state index in [9.17, 15) is 8.78 Å². The number of nitrogens with two attached hydrogens (primary N) is 1. The fourth-order valence-corrected chi connectivity index (χ4v) is 1.71. The number of aryl methyl sites for hydroxylation is 1. The van der Waals surface area contributed by atoms with Crippen LogP contribution in [0.4, 0.5) is 14.7 Å². The minimum Gasteiger partial charge on any atom is -0.367 e. The van der Waals surface area contributed by atoms with Gasteiger partial charge in [0.2, 0.25) is 5.88 Å². The van der Waals surface area contributed by atoms with Crippen LogP contribution < -0.4 is 5.73 Å². The summed E-state index contributed by atoms with van der Waals surface area (Å²) in [6.07, 6.45) is 0.570. The average molecular weight is 238 g/mol. The normalized spacial score (nSPS) is 10.8. The van der Waals surface area contributed by atoms with Crippen LogP contribution in [0.25, 0.3) is 11.3 Å². The van der Waals surface area contributed by atoms with Gasteiger partial charge in [-0.1, -0.05) is 12.1 Å². The fourth-order valence-electron chi connectivity index (χ4n) is 1.71. The molecule has 90 valence electrons. The second kappa shape index (κ2) is 4.16. The van der Waals surface area contributed by atoms with Gasteiger partial charge in [0.15, 0.2) is 0 Å². The number of hydrogen-bond donors (Lipinski definition) is 1. The molecule has 0 spiro atoms. The predicted molar refractivity (Wildman–Crippen MR) is 60.4 cm³/mol. The van der Waals surface area contributed by atoms with Crippen LogP contribution in [0.5, 0.6) is 0 Å². The Labute approximate surface area is 97.2 Å². The molecule has 0 amide bonds. The number of benzene rings is 1. The van der Waals surface area contributed by atoms with E-state index in [-0.39, 0.29) is 11.4 Å². The highest BCUT2D eigenvalue weighted by atomic mass is 19.1. The van der Waals surface area contributed by atoms with Crippen LogP contribution in [-0.2, 0) is 6.42 Å². The topological polar surface area (TPSA) is 52.0 Å². The summed E-state index contributed by atoms with van der Waals surface area (Å²) in [5, 5.41) is 3.73. The summed E-state index contributed by atoms with van der Waals surface area (Å²) >= 11 is 0. The van der Waals surface area contributed by atoms with Gasteiger partial charge in [0.1, 0.15) is 17.3 Å². The molecule has 0 radical (unpaired) electrons. The monoisotopic (exact) mass is 238 g/mol. The Bertz CT molecular complexity index is 564. The van der Waals surface area contributed by atoms with E-state index in [1.807, 2.05) is 6.92 Å². The van der Waals surface area contributed by atoms with Crippen LogP contribution in [0, 0.1) is 18.6 Å². The molecule has 2 aromatic rings. The van der Waals surface area contributed by atoms with Crippen LogP contribution in [0.15, 0.2) is 16.7 Å². The molecule has 0 fully saturated rings. The Morgan fingerprint density at radius 3 is 2.65 bits per heavy atom. The molecule has 0 saturated heterocycles. The second-order valence-corrected chi connectivity index (χ2v) is 3.81. The average Bonchev–Trinajstić information content (AvgIpc) is 2.64. The molecule has 3 nitrogen and oxygen atoms in total. The number of hydrogen-bond acceptors (Lipinski definition) is 3. The van der Waals surface area contributed by atoms with Crippen molar-refractivity contribution >= 4 is 5.88 Å². The molecule has 0 aliphatic carbocycles. The van der Waals surface area contributed by atoms with Crippen molar-refractivity contribution in [3.8, 4) is 11.3 Å². The highest BCUT2D eigenvalue weighted by Crippen LogP contribution is 2.30. The Balaban J connectivity index is 2.64. The van der Waals surface area contributed by atoms with Crippen LogP contribution >= 0.6 is 0 Å². The Morgan fingerprint density at radius 2 is 2.00 bits per heavy atom. The fraction of sp³-hybridized carbons (Fsp3) is 0.250. The zero-order valence-electron chi connectivity index (χ0n) is 9.55. The van der Waals surface area contributed by atoms with Crippen LogP contribution in [0.3, 0.4) is 0 Å². The second-order valence-electron chi connectivity index (χ2n) is 3.81. The molecule has 5 heteroatoms. The smallest absolute Gasteiger partial charge is 0.225 e. The number of nitrogen functional groups attached to an aromatic ring is 1. The molecule has 2 N–H and O–H groups in total. The minimum absolute atomic E-state index is 0.170. The van der Waals surface area contributed by atoms with Crippen LogP contribution in [0.1, 0.15) is 18.1 Å². The lowest BCUT2D eigenvalue weighted by Gasteiger charge is -2.04. The third kappa shape index (κ3) is 1.88. The Morgan fingerprint density at radius 1 is 1.29 bits per heavy atom. The maximum Gasteiger partial charge on any atom is 0.225 e. The lowest BCUT2D eigenvalue weighted by atomic mass is 10.0. The van der Waals surface area contributed by atoms with E-state index < -0.39 is 11.6 Å². The zero-order chi connectivity index (χ0) is 12.6. The van der Waals surface area contributed by atoms with Crippen molar-refractivity contribution in [2.45, 2.75) is 20.3 Å². The number of anilines is 1. The lowest BCUT2D eigenvalue weighted by molar-refractivity contribution is 0.438. The van der Waals surface area contributed by atoms with Crippen molar-refractivity contribution < 1.29 is 13.3 Å². The van der Waals surface area contributed by atoms with E-state index in [0.717, 1.165) is 6.07 Å². The molecular weight excluding hydrogens is 226 g/mol. The molecule has 1 aromatic heterocycles. The van der Waals surface area contributed by atoms with Crippen LogP contribution in [0.2, 0.25) is 0 Å². The highest BCUT2D eigenvalue weighted by molar-refractivity contribution is 5.68. The molecule has 0 unspecified atom stereocenters. The minimum atomic E-state index is -0.670. The van der Waals surface area contributed by atoms with Gasteiger partial charge < -0.3 is 10.3 Å². The van der Waals surface area contributed by atoms with E-state index in [4.69, 9.17) is 10.3 Å². The zero-order valence-corrected chi connectivity index (χ0v) is 9.55. The molecule has 2 rings (SSSR count). The molecule has 0 saturated carbocycles. The first-order valence-electron chi connectivity index (χ1n) is 5.24. The maximum absolute atomic E-state index is 13.7. The molecule has 17 heavy (non-hydrogen) atoms. The maximum atomic E-state index is 13.7. The molecule has 0 bridgehead atoms. The lowest BCUT2D eigenvalue weighted by Crippen LogP contribution is -1.94. The first-order valence-corrected chi connectivity index (χ1v) is 5.24. The van der Waals surface area contributed by atoms with Gasteiger partial charge >= 0.3 is 0 Å². The van der Waals surface area contributed by atoms with Crippen molar-refractivity contribution in [1.29, 1.82) is 0 Å². The van der Waals surface area contributed by atoms with Gasteiger partial charge in [-0.25, -0.2) is 8.78 Å². The molecule has 1 heterocycles. The SMILES string of the molecule is CCc1c(-c2cc(C)c(F)cc2F)noc1N. The molecule has 1 aromatic carbocycles. The van der Waals surface area contributed by atoms with Gasteiger partial charge in [0.05, 0.1) is 0 Å². The standard InChI is InChI=1S/C12H12F2N2O/c1-3-7-11(16-17-12(7)15)8-4-6(2)9(13)5-10(8)14/h4-5H,3,15H2,1-2H3. The third-order valence-corrected chi connectivity index (χ3v) is 2.68. The third-order valence-electron chi connectivity index (χ3n) is 2.68. The summed E-state index contributed by atoms with van der Waals surface area (Å²) < 4.78 is 31.7. The van der Waals surface area contributed by atoms with Gasteiger partial charge in [-0.05, 0) is 25.0 Å². The van der Waals surface area contributed by atoms with Crippen molar-refractivity contribution in [1.82, 2.24) is 5.16 Å². The van der Waals surface area contributed by atoms with Gasteiger partial charge in [0, 0.05) is 17.2 Å². The van der Waals surface area contributed by atoms with Crippen molar-refractivity contribution in [2.75, 3.05) is 5.73 Å². The first kappa shape index (κ1) is 11.6. The number of aromatic nitrogens is 1. The summed E-state index contributed by atoms with van der Waals surface area (Å²) in [6.45, 7) is 3.42. The molecule has 0 aliphatic rings. The summed E-state index contributed by atoms with van der Waals surface area (Å²) in [7, 11) is 0. The van der Waals surface area contributed by atoms with E-state index >= 15 is 0 Å². The quantitative estimate of drug-likeness (QED) is 0.874. The predicted octanol–water partition coefficient (Wildman–Crippen LogP) is 3.07. The Hall–Kier alpha value is -1.91. The van der Waals surface area contributed by atoms with Gasteiger partial charge in [-0.2, -0.15) is 0 Å².